The molecule has 0 bridgehead atoms. The van der Waals surface area contributed by atoms with Crippen molar-refractivity contribution in [1.29, 1.82) is 0 Å². The maximum atomic E-state index is 12.2. The molecule has 2 aromatic carbocycles. The Morgan fingerprint density at radius 3 is 1.09 bits per heavy atom. The maximum absolute atomic E-state index is 12.2. The van der Waals surface area contributed by atoms with E-state index in [-0.39, 0.29) is 39.3 Å². The van der Waals surface area contributed by atoms with Crippen molar-refractivity contribution < 1.29 is 67.4 Å². The summed E-state index contributed by atoms with van der Waals surface area (Å²) in [5, 5.41) is 29.3. The van der Waals surface area contributed by atoms with Gasteiger partial charge in [-0.05, 0) is 66.5 Å². The second-order valence-electron chi connectivity index (χ2n) is 14.5. The van der Waals surface area contributed by atoms with E-state index in [2.05, 4.69) is 21.3 Å². The number of ether oxygens (including phenoxy) is 6. The minimum absolute atomic E-state index is 0.0298. The Bertz CT molecular complexity index is 1430. The van der Waals surface area contributed by atoms with Gasteiger partial charge in [0.2, 0.25) is 0 Å². The van der Waals surface area contributed by atoms with Crippen LogP contribution in [-0.2, 0) is 51.2 Å². The number of rotatable bonds is 18. The highest BCUT2D eigenvalue weighted by Gasteiger charge is 2.31. The first-order valence-electron chi connectivity index (χ1n) is 18.7. The van der Waals surface area contributed by atoms with Crippen LogP contribution in [0, 0.1) is 0 Å². The smallest absolute Gasteiger partial charge is 0.408 e. The molecule has 6 N–H and O–H groups in total. The molecule has 18 heteroatoms. The molecule has 0 aliphatic carbocycles. The largest absolute Gasteiger partial charge is 0.466 e. The Balaban J connectivity index is 0.000000580. The van der Waals surface area contributed by atoms with E-state index in [4.69, 9.17) is 28.4 Å². The average Bonchev–Trinajstić information content (AvgIpc) is 3.13. The number of carbonyl (C=O) groups is 6. The highest BCUT2D eigenvalue weighted by molar-refractivity contribution is 5.75. The molecule has 0 heterocycles. The predicted molar refractivity (Wildman–Crippen MR) is 210 cm³/mol. The van der Waals surface area contributed by atoms with Gasteiger partial charge in [0.1, 0.15) is 24.4 Å². The molecule has 0 fully saturated rings. The van der Waals surface area contributed by atoms with Gasteiger partial charge >= 0.3 is 36.3 Å². The van der Waals surface area contributed by atoms with E-state index in [9.17, 15) is 39.0 Å². The number of esters is 2. The van der Waals surface area contributed by atoms with Crippen LogP contribution in [-0.4, -0.2) is 108 Å². The number of nitrogens with one attached hydrogen (secondary N) is 4. The average molecular weight is 821 g/mol. The van der Waals surface area contributed by atoms with Gasteiger partial charge in [0.25, 0.3) is 0 Å². The monoisotopic (exact) mass is 820 g/mol. The van der Waals surface area contributed by atoms with Gasteiger partial charge in [0.15, 0.2) is 0 Å². The van der Waals surface area contributed by atoms with Crippen molar-refractivity contribution in [1.82, 2.24) is 21.3 Å². The molecule has 0 spiro atoms. The fourth-order valence-electron chi connectivity index (χ4n) is 4.68. The number of carbonyl (C=O) groups excluding carboxylic acids is 6. The van der Waals surface area contributed by atoms with Crippen molar-refractivity contribution in [2.45, 2.75) is 117 Å². The second-order valence-corrected chi connectivity index (χ2v) is 14.5. The van der Waals surface area contributed by atoms with E-state index in [0.717, 1.165) is 11.1 Å². The summed E-state index contributed by atoms with van der Waals surface area (Å²) in [6, 6.07) is 14.2. The van der Waals surface area contributed by atoms with E-state index in [1.807, 2.05) is 36.4 Å². The van der Waals surface area contributed by atoms with Crippen molar-refractivity contribution in [3.8, 4) is 0 Å². The van der Waals surface area contributed by atoms with Crippen LogP contribution in [0.25, 0.3) is 0 Å². The van der Waals surface area contributed by atoms with E-state index < -0.39 is 84.9 Å². The van der Waals surface area contributed by atoms with E-state index in [0.29, 0.717) is 0 Å². The molecule has 0 aromatic heterocycles. The van der Waals surface area contributed by atoms with E-state index in [1.165, 1.54) is 0 Å². The summed E-state index contributed by atoms with van der Waals surface area (Å²) in [5.41, 5.74) is 0.0799. The molecular weight excluding hydrogens is 760 g/mol. The van der Waals surface area contributed by atoms with Gasteiger partial charge < -0.3 is 59.9 Å². The summed E-state index contributed by atoms with van der Waals surface area (Å²) >= 11 is 0. The first-order valence-corrected chi connectivity index (χ1v) is 18.7. The van der Waals surface area contributed by atoms with Crippen LogP contribution in [0.5, 0.6) is 0 Å². The lowest BCUT2D eigenvalue weighted by atomic mass is 10.1. The Hall–Kier alpha value is -5.62. The number of alkyl carbamates (subject to hydrolysis) is 4. The van der Waals surface area contributed by atoms with Crippen molar-refractivity contribution >= 4 is 36.3 Å². The Labute approximate surface area is 339 Å². The topological polar surface area (TPSA) is 246 Å². The van der Waals surface area contributed by atoms with Gasteiger partial charge in [0, 0.05) is 0 Å². The van der Waals surface area contributed by atoms with Crippen LogP contribution in [0.4, 0.5) is 19.2 Å². The number of hydrogen-bond acceptors (Lipinski definition) is 14. The summed E-state index contributed by atoms with van der Waals surface area (Å²) in [6.07, 6.45) is -3.71. The molecular formula is C40H60N4O14. The minimum atomic E-state index is -0.987. The second kappa shape index (κ2) is 26.3. The summed E-state index contributed by atoms with van der Waals surface area (Å²) in [5.74, 6) is -1.18. The third kappa shape index (κ3) is 23.4. The fourth-order valence-corrected chi connectivity index (χ4v) is 4.68. The van der Waals surface area contributed by atoms with E-state index >= 15 is 0 Å². The predicted octanol–water partition coefficient (Wildman–Crippen LogP) is 4.24. The Morgan fingerprint density at radius 2 is 0.810 bits per heavy atom. The molecule has 4 amide bonds. The lowest BCUT2D eigenvalue weighted by molar-refractivity contribution is -0.144. The SMILES string of the molecule is CCOC(=O)C[C@@H](NC(=O)OCc1ccccc1)[C@@H](CO)NC(=O)OC(C)(C)C.CCOC(=O)C[C@H](NC(=O)OCc1ccccc1)[C@@H](CO)NC(=O)OC(C)(C)C. The van der Waals surface area contributed by atoms with Crippen LogP contribution in [0.1, 0.15) is 79.4 Å². The maximum Gasteiger partial charge on any atom is 0.408 e. The highest BCUT2D eigenvalue weighted by Crippen LogP contribution is 2.11. The number of aliphatic hydroxyl groups is 2. The normalized spacial score (nSPS) is 13.0. The van der Waals surface area contributed by atoms with E-state index in [1.54, 1.807) is 79.7 Å². The Kier molecular flexibility index (Phi) is 22.9. The molecule has 0 radical (unpaired) electrons. The molecule has 0 unspecified atom stereocenters. The number of amides is 4. The zero-order valence-electron chi connectivity index (χ0n) is 34.5. The zero-order chi connectivity index (χ0) is 43.7. The Morgan fingerprint density at radius 1 is 0.500 bits per heavy atom. The van der Waals surface area contributed by atoms with Crippen molar-refractivity contribution in [2.24, 2.45) is 0 Å². The summed E-state index contributed by atoms with van der Waals surface area (Å²) in [4.78, 5) is 72.3. The van der Waals surface area contributed by atoms with Gasteiger partial charge in [0.05, 0.1) is 63.4 Å². The van der Waals surface area contributed by atoms with Gasteiger partial charge in [-0.25, -0.2) is 19.2 Å². The standard InChI is InChI=1S/2C20H30N2O7/c2*1-5-27-17(24)11-15(16(12-23)22-19(26)29-20(2,3)4)21-18(25)28-13-14-9-7-6-8-10-14/h2*6-10,15-16,23H,5,11-13H2,1-4H3,(H,21,25)(H,22,26)/t15-,16+;15-,16-/m01/s1. The van der Waals surface area contributed by atoms with Crippen molar-refractivity contribution in [2.75, 3.05) is 26.4 Å². The van der Waals surface area contributed by atoms with Gasteiger partial charge in [-0.2, -0.15) is 0 Å². The van der Waals surface area contributed by atoms with Gasteiger partial charge in [-0.15, -0.1) is 0 Å². The van der Waals surface area contributed by atoms with Crippen molar-refractivity contribution in [3.05, 3.63) is 71.8 Å². The molecule has 2 rings (SSSR count). The first kappa shape index (κ1) is 50.4. The van der Waals surface area contributed by atoms with Crippen LogP contribution in [0.15, 0.2) is 60.7 Å². The van der Waals surface area contributed by atoms with Crippen molar-refractivity contribution in [3.63, 3.8) is 0 Å². The number of hydrogen-bond donors (Lipinski definition) is 6. The van der Waals surface area contributed by atoms with Gasteiger partial charge in [-0.3, -0.25) is 9.59 Å². The molecule has 324 valence electrons. The highest BCUT2D eigenvalue weighted by atomic mass is 16.6. The van der Waals surface area contributed by atoms with Crippen LogP contribution in [0.2, 0.25) is 0 Å². The number of aliphatic hydroxyl groups excluding tert-OH is 2. The third-order valence-corrected chi connectivity index (χ3v) is 7.18. The quantitative estimate of drug-likeness (QED) is 0.0910. The summed E-state index contributed by atoms with van der Waals surface area (Å²) < 4.78 is 30.4. The molecule has 58 heavy (non-hydrogen) atoms. The zero-order valence-corrected chi connectivity index (χ0v) is 34.5. The lowest BCUT2D eigenvalue weighted by Gasteiger charge is -2.28. The number of benzene rings is 2. The minimum Gasteiger partial charge on any atom is -0.466 e. The van der Waals surface area contributed by atoms with Crippen LogP contribution < -0.4 is 21.3 Å². The first-order chi connectivity index (χ1) is 27.3. The third-order valence-electron chi connectivity index (χ3n) is 7.18. The van der Waals surface area contributed by atoms with Gasteiger partial charge in [-0.1, -0.05) is 60.7 Å². The van der Waals surface area contributed by atoms with Crippen LogP contribution >= 0.6 is 0 Å². The fraction of sp³-hybridized carbons (Fsp3) is 0.550. The lowest BCUT2D eigenvalue weighted by Crippen LogP contribution is -2.55. The molecule has 0 saturated carbocycles. The van der Waals surface area contributed by atoms with Crippen LogP contribution in [0.3, 0.4) is 0 Å². The molecule has 2 aromatic rings. The molecule has 0 saturated heterocycles. The molecule has 18 nitrogen and oxygen atoms in total. The molecule has 0 aliphatic rings. The molecule has 4 atom stereocenters. The summed E-state index contributed by atoms with van der Waals surface area (Å²) in [7, 11) is 0. The molecule has 0 aliphatic heterocycles. The summed E-state index contributed by atoms with van der Waals surface area (Å²) in [6.45, 7) is 12.7.